The molecule has 1 heteroatoms. The molecule has 0 spiro atoms. The largest absolute Gasteiger partial charge is 0.278 e. The molecule has 3 aromatic carbocycles. The molecule has 5 rings (SSSR count). The van der Waals surface area contributed by atoms with Crippen molar-refractivity contribution in [3.63, 3.8) is 0 Å². The number of hydrogen-bond acceptors (Lipinski definition) is 0. The third kappa shape index (κ3) is 2.57. The molecule has 0 nitrogen and oxygen atoms in total. The van der Waals surface area contributed by atoms with Crippen molar-refractivity contribution in [2.24, 2.45) is 11.8 Å². The highest BCUT2D eigenvalue weighted by Crippen LogP contribution is 2.52. The van der Waals surface area contributed by atoms with E-state index in [1.165, 1.54) is 41.2 Å². The second-order valence-corrected chi connectivity index (χ2v) is 8.65. The number of benzene rings is 3. The molecule has 2 atom stereocenters. The van der Waals surface area contributed by atoms with Crippen LogP contribution in [0.5, 0.6) is 0 Å². The van der Waals surface area contributed by atoms with Gasteiger partial charge < -0.3 is 0 Å². The summed E-state index contributed by atoms with van der Waals surface area (Å²) in [6.07, 6.45) is 5.46. The van der Waals surface area contributed by atoms with Crippen molar-refractivity contribution in [1.29, 1.82) is 0 Å². The van der Waals surface area contributed by atoms with Crippen LogP contribution in [0.15, 0.2) is 97.1 Å². The zero-order valence-corrected chi connectivity index (χ0v) is 16.6. The molecule has 3 aromatic rings. The lowest BCUT2D eigenvalue weighted by Crippen LogP contribution is -2.63. The van der Waals surface area contributed by atoms with Gasteiger partial charge in [-0.25, -0.2) is 0 Å². The maximum atomic E-state index is 2.63. The fourth-order valence-electron chi connectivity index (χ4n) is 6.09. The minimum atomic E-state index is -1.06. The highest BCUT2D eigenvalue weighted by atomic mass is 14.4. The third-order valence-electron chi connectivity index (χ3n) is 7.25. The Hall–Kier alpha value is -2.67. The summed E-state index contributed by atoms with van der Waals surface area (Å²) in [5.41, 5.74) is 5.85. The van der Waals surface area contributed by atoms with Gasteiger partial charge >= 0.3 is 0 Å². The van der Waals surface area contributed by atoms with Crippen LogP contribution in [-0.2, 0) is 0 Å². The first-order valence-corrected chi connectivity index (χ1v) is 10.7. The van der Waals surface area contributed by atoms with E-state index < -0.39 is 6.15 Å². The lowest BCUT2D eigenvalue weighted by molar-refractivity contribution is 0.362. The Morgan fingerprint density at radius 3 is 1.86 bits per heavy atom. The second-order valence-electron chi connectivity index (χ2n) is 8.65. The van der Waals surface area contributed by atoms with E-state index in [1.54, 1.807) is 5.82 Å². The van der Waals surface area contributed by atoms with Crippen molar-refractivity contribution in [3.05, 3.63) is 108 Å². The molecule has 0 N–H and O–H groups in total. The van der Waals surface area contributed by atoms with E-state index >= 15 is 0 Å². The fourth-order valence-corrected chi connectivity index (χ4v) is 6.09. The molecule has 28 heavy (non-hydrogen) atoms. The van der Waals surface area contributed by atoms with E-state index in [9.17, 15) is 0 Å². The van der Waals surface area contributed by atoms with Crippen LogP contribution in [0.4, 0.5) is 0 Å². The summed E-state index contributed by atoms with van der Waals surface area (Å²) in [7, 11) is 0. The topological polar surface area (TPSA) is 0 Å². The van der Waals surface area contributed by atoms with Crippen LogP contribution in [0, 0.1) is 17.7 Å². The van der Waals surface area contributed by atoms with Gasteiger partial charge in [0.25, 0.3) is 6.15 Å². The van der Waals surface area contributed by atoms with E-state index in [4.69, 9.17) is 0 Å². The van der Waals surface area contributed by atoms with Gasteiger partial charge in [0.05, 0.1) is 5.92 Å². The Labute approximate surface area is 169 Å². The molecular formula is C27H27B. The highest BCUT2D eigenvalue weighted by molar-refractivity contribution is 7.19. The van der Waals surface area contributed by atoms with Gasteiger partial charge in [-0.2, -0.15) is 10.9 Å². The molecular weight excluding hydrogens is 335 g/mol. The van der Waals surface area contributed by atoms with Gasteiger partial charge in [0.2, 0.25) is 0 Å². The van der Waals surface area contributed by atoms with Crippen molar-refractivity contribution in [1.82, 2.24) is 0 Å². The number of allylic oxidation sites excluding steroid dienone is 1. The molecule has 0 bridgehead atoms. The first-order chi connectivity index (χ1) is 13.8. The Kier molecular flexibility index (Phi) is 4.39. The zero-order chi connectivity index (χ0) is 19.0. The number of fused-ring (bicyclic) bond motifs is 1. The van der Waals surface area contributed by atoms with Gasteiger partial charge in [-0.3, -0.25) is 0 Å². The second kappa shape index (κ2) is 7.06. The molecule has 1 fully saturated rings. The Morgan fingerprint density at radius 1 is 0.750 bits per heavy atom. The minimum absolute atomic E-state index is 0.587. The highest BCUT2D eigenvalue weighted by Gasteiger charge is 2.57. The van der Waals surface area contributed by atoms with Crippen molar-refractivity contribution < 1.29 is 0 Å². The van der Waals surface area contributed by atoms with E-state index in [2.05, 4.69) is 104 Å². The van der Waals surface area contributed by atoms with Gasteiger partial charge in [0, 0.05) is 6.42 Å². The standard InChI is InChI=1S/C27H27B/c1-21-12-11-19-26-25(21)20-27(22-13-5-2-6-14-22)28(26,23-15-7-3-8-16-23)24-17-9-4-10-18-24/h2-10,13-18,20-21,25H,11-12,19H2,1H3. The summed E-state index contributed by atoms with van der Waals surface area (Å²) in [6.45, 7) is 2.45. The molecule has 1 saturated carbocycles. The van der Waals surface area contributed by atoms with Gasteiger partial charge in [-0.05, 0) is 18.8 Å². The van der Waals surface area contributed by atoms with Crippen LogP contribution in [-0.4, -0.2) is 6.15 Å². The van der Waals surface area contributed by atoms with E-state index in [0.29, 0.717) is 5.92 Å². The van der Waals surface area contributed by atoms with Gasteiger partial charge in [0.1, 0.15) is 0 Å². The average molecular weight is 362 g/mol. The Bertz CT molecular complexity index is 919. The summed E-state index contributed by atoms with van der Waals surface area (Å²) < 4.78 is 0. The van der Waals surface area contributed by atoms with E-state index in [0.717, 1.165) is 5.92 Å². The normalized spacial score (nSPS) is 23.2. The van der Waals surface area contributed by atoms with E-state index in [-0.39, 0.29) is 0 Å². The summed E-state index contributed by atoms with van der Waals surface area (Å²) in [4.78, 5) is 0. The SMILES string of the molecule is CC1CCC[C+]2C1C=C(c1ccccc1)[B-]2(c1ccccc1)c1ccccc1. The molecule has 0 radical (unpaired) electrons. The van der Waals surface area contributed by atoms with Crippen LogP contribution < -0.4 is 10.9 Å². The van der Waals surface area contributed by atoms with Gasteiger partial charge in [-0.1, -0.05) is 115 Å². The molecule has 1 heterocycles. The third-order valence-corrected chi connectivity index (χ3v) is 7.25. The lowest BCUT2D eigenvalue weighted by Gasteiger charge is -2.42. The zero-order valence-electron chi connectivity index (χ0n) is 16.6. The van der Waals surface area contributed by atoms with E-state index in [1.807, 2.05) is 0 Å². The van der Waals surface area contributed by atoms with Crippen LogP contribution in [0.3, 0.4) is 0 Å². The maximum absolute atomic E-state index is 2.63. The van der Waals surface area contributed by atoms with Crippen LogP contribution in [0.1, 0.15) is 31.7 Å². The molecule has 2 aliphatic rings. The van der Waals surface area contributed by atoms with Crippen molar-refractivity contribution >= 4 is 22.5 Å². The van der Waals surface area contributed by atoms with Gasteiger partial charge in [-0.15, -0.1) is 5.47 Å². The maximum Gasteiger partial charge on any atom is 0.278 e. The molecule has 0 amide bonds. The minimum Gasteiger partial charge on any atom is -0.150 e. The fraction of sp³-hybridized carbons (Fsp3) is 0.222. The predicted octanol–water partition coefficient (Wildman–Crippen LogP) is 5.44. The molecule has 1 aliphatic carbocycles. The summed E-state index contributed by atoms with van der Waals surface area (Å²) in [5.74, 6) is 3.07. The predicted molar refractivity (Wildman–Crippen MR) is 122 cm³/mol. The van der Waals surface area contributed by atoms with Gasteiger partial charge in [0.15, 0.2) is 0 Å². The molecule has 1 aliphatic heterocycles. The monoisotopic (exact) mass is 362 g/mol. The van der Waals surface area contributed by atoms with Crippen molar-refractivity contribution in [3.8, 4) is 0 Å². The van der Waals surface area contributed by atoms with Crippen LogP contribution >= 0.6 is 0 Å². The first-order valence-electron chi connectivity index (χ1n) is 10.7. The molecule has 0 aromatic heterocycles. The van der Waals surface area contributed by atoms with Crippen LogP contribution in [0.2, 0.25) is 0 Å². The molecule has 2 unspecified atom stereocenters. The number of rotatable bonds is 3. The first kappa shape index (κ1) is 17.4. The van der Waals surface area contributed by atoms with Crippen molar-refractivity contribution in [2.75, 3.05) is 0 Å². The summed E-state index contributed by atoms with van der Waals surface area (Å²) in [5, 5.41) is 0. The van der Waals surface area contributed by atoms with Crippen molar-refractivity contribution in [2.45, 2.75) is 26.2 Å². The number of hydrogen-bond donors (Lipinski definition) is 0. The lowest BCUT2D eigenvalue weighted by atomic mass is 9.10. The summed E-state index contributed by atoms with van der Waals surface area (Å²) in [6, 6.07) is 33.7. The average Bonchev–Trinajstić information content (AvgIpc) is 3.13. The Balaban J connectivity index is 1.83. The Morgan fingerprint density at radius 2 is 1.29 bits per heavy atom. The van der Waals surface area contributed by atoms with Crippen LogP contribution in [0.25, 0.3) is 5.47 Å². The molecule has 0 saturated heterocycles. The quantitative estimate of drug-likeness (QED) is 0.430. The molecule has 138 valence electrons. The smallest absolute Gasteiger partial charge is 0.150 e. The summed E-state index contributed by atoms with van der Waals surface area (Å²) >= 11 is 0.